The van der Waals surface area contributed by atoms with Gasteiger partial charge in [0.15, 0.2) is 0 Å². The van der Waals surface area contributed by atoms with E-state index in [1.807, 2.05) is 13.0 Å². The van der Waals surface area contributed by atoms with Crippen LogP contribution >= 0.6 is 0 Å². The van der Waals surface area contributed by atoms with Crippen LogP contribution in [0.25, 0.3) is 0 Å². The lowest BCUT2D eigenvalue weighted by Gasteiger charge is -2.19. The molecule has 0 atom stereocenters. The van der Waals surface area contributed by atoms with Crippen LogP contribution < -0.4 is 5.32 Å². The van der Waals surface area contributed by atoms with E-state index in [1.165, 1.54) is 0 Å². The predicted molar refractivity (Wildman–Crippen MR) is 67.7 cm³/mol. The third kappa shape index (κ3) is 3.91. The van der Waals surface area contributed by atoms with Gasteiger partial charge in [0.25, 0.3) is 0 Å². The molecule has 1 aromatic carbocycles. The molecule has 0 aliphatic carbocycles. The van der Waals surface area contributed by atoms with Crippen LogP contribution in [0.1, 0.15) is 19.8 Å². The first kappa shape index (κ1) is 13.7. The van der Waals surface area contributed by atoms with Gasteiger partial charge in [-0.3, -0.25) is 9.69 Å². The van der Waals surface area contributed by atoms with E-state index in [0.29, 0.717) is 18.7 Å². The average molecular weight is 245 g/mol. The molecule has 0 saturated heterocycles. The maximum atomic E-state index is 11.9. The molecule has 1 N–H and O–H groups in total. The summed E-state index contributed by atoms with van der Waals surface area (Å²) in [7, 11) is 0. The van der Waals surface area contributed by atoms with Gasteiger partial charge in [-0.05, 0) is 18.6 Å². The maximum Gasteiger partial charge on any atom is 0.328 e. The Morgan fingerprint density at radius 3 is 2.56 bits per heavy atom. The first-order valence-electron chi connectivity index (χ1n) is 5.72. The second kappa shape index (κ2) is 7.07. The molecule has 0 aliphatic rings. The number of hydrogen-bond donors (Lipinski definition) is 1. The van der Waals surface area contributed by atoms with Crippen molar-refractivity contribution >= 4 is 17.6 Å². The number of amides is 3. The topological polar surface area (TPSA) is 73.2 Å². The second-order valence-corrected chi connectivity index (χ2v) is 3.68. The lowest BCUT2D eigenvalue weighted by molar-refractivity contribution is -0.127. The van der Waals surface area contributed by atoms with Gasteiger partial charge in [0.2, 0.25) is 5.91 Å². The van der Waals surface area contributed by atoms with Gasteiger partial charge in [0, 0.05) is 12.2 Å². The van der Waals surface area contributed by atoms with Gasteiger partial charge in [-0.15, -0.1) is 0 Å². The van der Waals surface area contributed by atoms with Crippen molar-refractivity contribution in [2.45, 2.75) is 19.8 Å². The number of anilines is 1. The molecule has 0 saturated carbocycles. The molecule has 18 heavy (non-hydrogen) atoms. The number of carbonyl (C=O) groups is 2. The second-order valence-electron chi connectivity index (χ2n) is 3.68. The number of para-hydroxylation sites is 1. The Kier molecular flexibility index (Phi) is 5.39. The Bertz CT molecular complexity index is 451. The van der Waals surface area contributed by atoms with E-state index >= 15 is 0 Å². The largest absolute Gasteiger partial charge is 0.328 e. The van der Waals surface area contributed by atoms with Gasteiger partial charge in [-0.25, -0.2) is 4.79 Å². The summed E-state index contributed by atoms with van der Waals surface area (Å²) in [5, 5.41) is 11.1. The third-order valence-corrected chi connectivity index (χ3v) is 2.25. The SMILES string of the molecule is CCCN(C(=O)CC#N)C(=O)Nc1ccccc1. The van der Waals surface area contributed by atoms with E-state index in [0.717, 1.165) is 4.90 Å². The third-order valence-electron chi connectivity index (χ3n) is 2.25. The van der Waals surface area contributed by atoms with Crippen molar-refractivity contribution in [2.75, 3.05) is 11.9 Å². The minimum Gasteiger partial charge on any atom is -0.307 e. The van der Waals surface area contributed by atoms with Gasteiger partial charge in [-0.2, -0.15) is 5.26 Å². The normalized spacial score (nSPS) is 9.33. The Morgan fingerprint density at radius 1 is 1.33 bits per heavy atom. The molecule has 0 bridgehead atoms. The molecule has 0 heterocycles. The highest BCUT2D eigenvalue weighted by Gasteiger charge is 2.19. The summed E-state index contributed by atoms with van der Waals surface area (Å²) in [6.45, 7) is 2.17. The molecule has 0 aromatic heterocycles. The number of hydrogen-bond acceptors (Lipinski definition) is 3. The number of benzene rings is 1. The van der Waals surface area contributed by atoms with Crippen LogP contribution in [-0.2, 0) is 4.79 Å². The standard InChI is InChI=1S/C13H15N3O2/c1-2-10-16(12(17)8-9-14)13(18)15-11-6-4-3-5-7-11/h3-7H,2,8,10H2,1H3,(H,15,18). The minimum atomic E-state index is -0.497. The zero-order chi connectivity index (χ0) is 13.4. The molecule has 1 rings (SSSR count). The molecule has 0 radical (unpaired) electrons. The van der Waals surface area contributed by atoms with Crippen LogP contribution in [0, 0.1) is 11.3 Å². The lowest BCUT2D eigenvalue weighted by Crippen LogP contribution is -2.40. The molecular weight excluding hydrogens is 230 g/mol. The van der Waals surface area contributed by atoms with Gasteiger partial charge < -0.3 is 5.32 Å². The predicted octanol–water partition coefficient (Wildman–Crippen LogP) is 2.37. The monoisotopic (exact) mass is 245 g/mol. The van der Waals surface area contributed by atoms with E-state index in [9.17, 15) is 9.59 Å². The van der Waals surface area contributed by atoms with Crippen molar-refractivity contribution < 1.29 is 9.59 Å². The number of urea groups is 1. The Balaban J connectivity index is 2.71. The van der Waals surface area contributed by atoms with Crippen LogP contribution in [0.5, 0.6) is 0 Å². The van der Waals surface area contributed by atoms with Crippen LogP contribution in [0.4, 0.5) is 10.5 Å². The zero-order valence-electron chi connectivity index (χ0n) is 10.2. The van der Waals surface area contributed by atoms with Crippen LogP contribution in [0.3, 0.4) is 0 Å². The summed E-state index contributed by atoms with van der Waals surface area (Å²) in [5.41, 5.74) is 0.619. The molecule has 94 valence electrons. The highest BCUT2D eigenvalue weighted by molar-refractivity contribution is 6.01. The molecule has 0 aliphatic heterocycles. The van der Waals surface area contributed by atoms with Gasteiger partial charge >= 0.3 is 6.03 Å². The van der Waals surface area contributed by atoms with Crippen molar-refractivity contribution in [3.63, 3.8) is 0 Å². The van der Waals surface area contributed by atoms with Crippen molar-refractivity contribution in [3.05, 3.63) is 30.3 Å². The van der Waals surface area contributed by atoms with E-state index in [2.05, 4.69) is 5.32 Å². The van der Waals surface area contributed by atoms with E-state index in [1.54, 1.807) is 30.3 Å². The summed E-state index contributed by atoms with van der Waals surface area (Å²) in [6, 6.07) is 10.1. The van der Waals surface area contributed by atoms with Crippen molar-refractivity contribution in [2.24, 2.45) is 0 Å². The van der Waals surface area contributed by atoms with E-state index in [-0.39, 0.29) is 6.42 Å². The van der Waals surface area contributed by atoms with Crippen LogP contribution in [0.15, 0.2) is 30.3 Å². The Labute approximate surface area is 106 Å². The number of nitrogens with zero attached hydrogens (tertiary/aromatic N) is 2. The van der Waals surface area contributed by atoms with Crippen molar-refractivity contribution in [1.82, 2.24) is 4.90 Å². The summed E-state index contributed by atoms with van der Waals surface area (Å²) < 4.78 is 0. The smallest absolute Gasteiger partial charge is 0.307 e. The number of imide groups is 1. The maximum absolute atomic E-state index is 11.9. The first-order valence-corrected chi connectivity index (χ1v) is 5.72. The Morgan fingerprint density at radius 2 is 2.00 bits per heavy atom. The average Bonchev–Trinajstić information content (AvgIpc) is 2.37. The van der Waals surface area contributed by atoms with Crippen LogP contribution in [0.2, 0.25) is 0 Å². The molecule has 3 amide bonds. The summed E-state index contributed by atoms with van der Waals surface area (Å²) in [4.78, 5) is 24.6. The van der Waals surface area contributed by atoms with Crippen molar-refractivity contribution in [3.8, 4) is 6.07 Å². The Hall–Kier alpha value is -2.35. The molecule has 0 unspecified atom stereocenters. The molecule has 5 nitrogen and oxygen atoms in total. The van der Waals surface area contributed by atoms with Crippen molar-refractivity contribution in [1.29, 1.82) is 5.26 Å². The van der Waals surface area contributed by atoms with E-state index < -0.39 is 11.9 Å². The van der Waals surface area contributed by atoms with Crippen LogP contribution in [-0.4, -0.2) is 23.4 Å². The number of nitriles is 1. The number of carbonyl (C=O) groups excluding carboxylic acids is 2. The summed E-state index contributed by atoms with van der Waals surface area (Å²) in [5.74, 6) is -0.479. The fraction of sp³-hybridized carbons (Fsp3) is 0.308. The first-order chi connectivity index (χ1) is 8.69. The highest BCUT2D eigenvalue weighted by Crippen LogP contribution is 2.07. The molecular formula is C13H15N3O2. The van der Waals surface area contributed by atoms with Gasteiger partial charge in [0.05, 0.1) is 6.07 Å². The fourth-order valence-electron chi connectivity index (χ4n) is 1.44. The quantitative estimate of drug-likeness (QED) is 0.885. The highest BCUT2D eigenvalue weighted by atomic mass is 16.2. The minimum absolute atomic E-state index is 0.289. The van der Waals surface area contributed by atoms with Gasteiger partial charge in [-0.1, -0.05) is 25.1 Å². The zero-order valence-corrected chi connectivity index (χ0v) is 10.2. The fourth-order valence-corrected chi connectivity index (χ4v) is 1.44. The number of rotatable bonds is 4. The summed E-state index contributed by atoms with van der Waals surface area (Å²) >= 11 is 0. The summed E-state index contributed by atoms with van der Waals surface area (Å²) in [6.07, 6.45) is 0.363. The lowest BCUT2D eigenvalue weighted by atomic mass is 10.3. The molecule has 0 fully saturated rings. The van der Waals surface area contributed by atoms with E-state index in [4.69, 9.17) is 5.26 Å². The molecule has 0 spiro atoms. The molecule has 5 heteroatoms. The molecule has 1 aromatic rings. The van der Waals surface area contributed by atoms with Gasteiger partial charge in [0.1, 0.15) is 6.42 Å². The number of nitrogens with one attached hydrogen (secondary N) is 1.